The molecule has 5 nitrogen and oxygen atoms in total. The Morgan fingerprint density at radius 1 is 1.14 bits per heavy atom. The van der Waals surface area contributed by atoms with E-state index < -0.39 is 0 Å². The zero-order valence-corrected chi connectivity index (χ0v) is 16.7. The summed E-state index contributed by atoms with van der Waals surface area (Å²) in [6.45, 7) is 4.79. The van der Waals surface area contributed by atoms with Gasteiger partial charge in [-0.1, -0.05) is 30.3 Å². The predicted octanol–water partition coefficient (Wildman–Crippen LogP) is 4.01. The quantitative estimate of drug-likeness (QED) is 0.828. The minimum absolute atomic E-state index is 0.111. The molecule has 1 heterocycles. The topological polar surface area (TPSA) is 59.4 Å². The van der Waals surface area contributed by atoms with Crippen LogP contribution in [0.25, 0.3) is 0 Å². The third-order valence-corrected chi connectivity index (χ3v) is 5.45. The molecule has 1 unspecified atom stereocenters. The number of benzene rings is 2. The molecular weight excluding hydrogens is 348 g/mol. The predicted molar refractivity (Wildman–Crippen MR) is 113 cm³/mol. The molecule has 0 radical (unpaired) electrons. The van der Waals surface area contributed by atoms with Crippen LogP contribution in [0, 0.1) is 11.3 Å². The number of amides is 1. The summed E-state index contributed by atoms with van der Waals surface area (Å²) in [5.74, 6) is -0.111. The molecule has 28 heavy (non-hydrogen) atoms. The van der Waals surface area contributed by atoms with Crippen molar-refractivity contribution in [3.05, 3.63) is 59.7 Å². The van der Waals surface area contributed by atoms with Crippen LogP contribution in [0.5, 0.6) is 0 Å². The highest BCUT2D eigenvalue weighted by Gasteiger charge is 2.21. The van der Waals surface area contributed by atoms with Gasteiger partial charge >= 0.3 is 0 Å². The Morgan fingerprint density at radius 3 is 2.57 bits per heavy atom. The van der Waals surface area contributed by atoms with Crippen molar-refractivity contribution >= 4 is 17.3 Å². The molecule has 0 aromatic heterocycles. The summed E-state index contributed by atoms with van der Waals surface area (Å²) in [5.41, 5.74) is 3.55. The molecule has 1 aliphatic rings. The van der Waals surface area contributed by atoms with E-state index >= 15 is 0 Å². The summed E-state index contributed by atoms with van der Waals surface area (Å²) in [6, 6.07) is 17.4. The lowest BCUT2D eigenvalue weighted by Crippen LogP contribution is -2.39. The van der Waals surface area contributed by atoms with Crippen molar-refractivity contribution in [2.75, 3.05) is 30.4 Å². The highest BCUT2D eigenvalue weighted by atomic mass is 16.2. The first kappa shape index (κ1) is 19.9. The lowest BCUT2D eigenvalue weighted by molar-refractivity contribution is -0.120. The van der Waals surface area contributed by atoms with Gasteiger partial charge in [0.15, 0.2) is 0 Å². The maximum absolute atomic E-state index is 12.7. The second kappa shape index (κ2) is 9.38. The summed E-state index contributed by atoms with van der Waals surface area (Å²) in [6.07, 6.45) is 3.78. The number of para-hydroxylation sites is 2. The van der Waals surface area contributed by atoms with Crippen molar-refractivity contribution in [2.45, 2.75) is 38.8 Å². The van der Waals surface area contributed by atoms with E-state index in [1.54, 1.807) is 18.2 Å². The lowest BCUT2D eigenvalue weighted by Gasteiger charge is -2.32. The molecule has 1 fully saturated rings. The number of hydrogen-bond acceptors (Lipinski definition) is 4. The molecule has 1 aliphatic heterocycles. The minimum Gasteiger partial charge on any atom is -0.371 e. The molecule has 146 valence electrons. The summed E-state index contributed by atoms with van der Waals surface area (Å²) in [4.78, 5) is 17.2. The number of hydrogen-bond donors (Lipinski definition) is 1. The summed E-state index contributed by atoms with van der Waals surface area (Å²) >= 11 is 0. The monoisotopic (exact) mass is 376 g/mol. The zero-order valence-electron chi connectivity index (χ0n) is 16.7. The molecule has 5 heteroatoms. The molecule has 0 aliphatic carbocycles. The van der Waals surface area contributed by atoms with Crippen LogP contribution < -0.4 is 10.2 Å². The molecule has 0 bridgehead atoms. The molecule has 2 aromatic rings. The molecule has 0 saturated carbocycles. The Morgan fingerprint density at radius 2 is 1.82 bits per heavy atom. The number of nitriles is 1. The molecule has 1 amide bonds. The molecular formula is C23H28N4O. The first-order valence-corrected chi connectivity index (χ1v) is 9.93. The van der Waals surface area contributed by atoms with Crippen molar-refractivity contribution < 1.29 is 4.79 Å². The van der Waals surface area contributed by atoms with Crippen LogP contribution in [0.4, 0.5) is 11.4 Å². The van der Waals surface area contributed by atoms with Crippen LogP contribution >= 0.6 is 0 Å². The van der Waals surface area contributed by atoms with Gasteiger partial charge in [0.25, 0.3) is 0 Å². The van der Waals surface area contributed by atoms with Crippen molar-refractivity contribution in [1.82, 2.24) is 4.90 Å². The second-order valence-electron chi connectivity index (χ2n) is 7.41. The maximum Gasteiger partial charge on any atom is 0.241 e. The standard InChI is InChI=1S/C23H28N4O/c1-18(23(28)25-21-12-6-4-10-19(21)16-24)26(2)17-20-11-5-7-13-22(20)27-14-8-3-9-15-27/h4-7,10-13,18H,3,8-9,14-15,17H2,1-2H3,(H,25,28). The average Bonchev–Trinajstić information content (AvgIpc) is 2.74. The van der Waals surface area contributed by atoms with Gasteiger partial charge < -0.3 is 10.2 Å². The van der Waals surface area contributed by atoms with E-state index in [0.717, 1.165) is 13.1 Å². The van der Waals surface area contributed by atoms with Crippen LogP contribution in [-0.2, 0) is 11.3 Å². The van der Waals surface area contributed by atoms with Crippen molar-refractivity contribution in [1.29, 1.82) is 5.26 Å². The fourth-order valence-electron chi connectivity index (χ4n) is 3.62. The summed E-state index contributed by atoms with van der Waals surface area (Å²) < 4.78 is 0. The number of likely N-dealkylation sites (N-methyl/N-ethyl adjacent to an activating group) is 1. The first-order chi connectivity index (χ1) is 13.6. The lowest BCUT2D eigenvalue weighted by atomic mass is 10.1. The summed E-state index contributed by atoms with van der Waals surface area (Å²) in [5, 5.41) is 12.1. The number of carbonyl (C=O) groups is 1. The Kier molecular flexibility index (Phi) is 6.67. The van der Waals surface area contributed by atoms with E-state index in [9.17, 15) is 10.1 Å². The smallest absolute Gasteiger partial charge is 0.241 e. The van der Waals surface area contributed by atoms with E-state index in [1.807, 2.05) is 24.9 Å². The van der Waals surface area contributed by atoms with Gasteiger partial charge in [0.2, 0.25) is 5.91 Å². The van der Waals surface area contributed by atoms with Gasteiger partial charge in [-0.25, -0.2) is 0 Å². The van der Waals surface area contributed by atoms with E-state index in [4.69, 9.17) is 0 Å². The Labute approximate surface area is 167 Å². The van der Waals surface area contributed by atoms with Crippen LogP contribution in [-0.4, -0.2) is 37.0 Å². The molecule has 1 N–H and O–H groups in total. The van der Waals surface area contributed by atoms with Gasteiger partial charge in [-0.3, -0.25) is 9.69 Å². The van der Waals surface area contributed by atoms with Crippen molar-refractivity contribution in [2.24, 2.45) is 0 Å². The SMILES string of the molecule is CC(C(=O)Nc1ccccc1C#N)N(C)Cc1ccccc1N1CCCCC1. The fraction of sp³-hybridized carbons (Fsp3) is 0.391. The number of carbonyl (C=O) groups excluding carboxylic acids is 1. The van der Waals surface area contributed by atoms with E-state index in [1.165, 1.54) is 30.5 Å². The highest BCUT2D eigenvalue weighted by molar-refractivity contribution is 5.95. The molecule has 0 spiro atoms. The molecule has 1 atom stereocenters. The van der Waals surface area contributed by atoms with Gasteiger partial charge in [-0.2, -0.15) is 5.26 Å². The van der Waals surface area contributed by atoms with Crippen LogP contribution in [0.2, 0.25) is 0 Å². The second-order valence-corrected chi connectivity index (χ2v) is 7.41. The minimum atomic E-state index is -0.318. The fourth-order valence-corrected chi connectivity index (χ4v) is 3.62. The third kappa shape index (κ3) is 4.71. The first-order valence-electron chi connectivity index (χ1n) is 9.93. The van der Waals surface area contributed by atoms with Crippen LogP contribution in [0.15, 0.2) is 48.5 Å². The van der Waals surface area contributed by atoms with Crippen molar-refractivity contribution in [3.8, 4) is 6.07 Å². The van der Waals surface area contributed by atoms with E-state index in [-0.39, 0.29) is 11.9 Å². The van der Waals surface area contributed by atoms with Crippen molar-refractivity contribution in [3.63, 3.8) is 0 Å². The average molecular weight is 377 g/mol. The molecule has 1 saturated heterocycles. The zero-order chi connectivity index (χ0) is 19.9. The van der Waals surface area contributed by atoms with Gasteiger partial charge in [0.05, 0.1) is 17.3 Å². The highest BCUT2D eigenvalue weighted by Crippen LogP contribution is 2.25. The Balaban J connectivity index is 1.68. The normalized spacial score (nSPS) is 15.1. The van der Waals surface area contributed by atoms with E-state index in [0.29, 0.717) is 17.8 Å². The summed E-state index contributed by atoms with van der Waals surface area (Å²) in [7, 11) is 1.97. The number of nitrogens with one attached hydrogen (secondary N) is 1. The number of anilines is 2. The molecule has 3 rings (SSSR count). The van der Waals surface area contributed by atoms with Gasteiger partial charge in [0, 0.05) is 25.3 Å². The van der Waals surface area contributed by atoms with Crippen LogP contribution in [0.1, 0.15) is 37.3 Å². The molecule has 2 aromatic carbocycles. The Hall–Kier alpha value is -2.84. The van der Waals surface area contributed by atoms with Gasteiger partial charge in [-0.05, 0) is 57.0 Å². The Bertz CT molecular complexity index is 852. The number of rotatable bonds is 6. The van der Waals surface area contributed by atoms with Gasteiger partial charge in [0.1, 0.15) is 6.07 Å². The number of piperidine rings is 1. The van der Waals surface area contributed by atoms with Crippen LogP contribution in [0.3, 0.4) is 0 Å². The van der Waals surface area contributed by atoms with Gasteiger partial charge in [-0.15, -0.1) is 0 Å². The maximum atomic E-state index is 12.7. The largest absolute Gasteiger partial charge is 0.371 e. The number of nitrogens with zero attached hydrogens (tertiary/aromatic N) is 3. The third-order valence-electron chi connectivity index (χ3n) is 5.45. The van der Waals surface area contributed by atoms with E-state index in [2.05, 4.69) is 40.6 Å².